The van der Waals surface area contributed by atoms with Gasteiger partial charge < -0.3 is 14.6 Å². The lowest BCUT2D eigenvalue weighted by molar-refractivity contribution is 0.529. The van der Waals surface area contributed by atoms with Crippen LogP contribution in [0.1, 0.15) is 30.0 Å². The van der Waals surface area contributed by atoms with Gasteiger partial charge in [0, 0.05) is 42.8 Å². The van der Waals surface area contributed by atoms with Gasteiger partial charge in [-0.3, -0.25) is 0 Å². The number of hydrogen-bond acceptors (Lipinski definition) is 5. The maximum absolute atomic E-state index is 5.32. The molecule has 1 N–H and O–H groups in total. The summed E-state index contributed by atoms with van der Waals surface area (Å²) < 4.78 is 5.32. The highest BCUT2D eigenvalue weighted by molar-refractivity contribution is 7.15. The molecule has 0 aromatic carbocycles. The Bertz CT molecular complexity index is 518. The van der Waals surface area contributed by atoms with Gasteiger partial charge in [0.15, 0.2) is 5.13 Å². The van der Waals surface area contributed by atoms with E-state index in [0.29, 0.717) is 6.04 Å². The van der Waals surface area contributed by atoms with Crippen LogP contribution in [0, 0.1) is 6.92 Å². The lowest BCUT2D eigenvalue weighted by atomic mass is 10.2. The van der Waals surface area contributed by atoms with E-state index in [1.807, 2.05) is 19.2 Å². The third-order valence-corrected chi connectivity index (χ3v) is 4.04. The zero-order chi connectivity index (χ0) is 13.8. The minimum Gasteiger partial charge on any atom is -0.469 e. The largest absolute Gasteiger partial charge is 0.469 e. The Morgan fingerprint density at radius 2 is 2.26 bits per heavy atom. The minimum atomic E-state index is 0.497. The average molecular weight is 279 g/mol. The molecule has 2 heterocycles. The Kier molecular flexibility index (Phi) is 4.61. The number of rotatable bonds is 6. The number of aryl methyl sites for hydroxylation is 1. The topological polar surface area (TPSA) is 41.3 Å². The zero-order valence-corrected chi connectivity index (χ0v) is 12.8. The van der Waals surface area contributed by atoms with Crippen LogP contribution in [0.4, 0.5) is 5.13 Å². The van der Waals surface area contributed by atoms with Crippen molar-refractivity contribution >= 4 is 16.5 Å². The molecule has 0 radical (unpaired) electrons. The van der Waals surface area contributed by atoms with Gasteiger partial charge in [-0.05, 0) is 13.0 Å². The Balaban J connectivity index is 1.96. The van der Waals surface area contributed by atoms with Crippen LogP contribution in [0.5, 0.6) is 0 Å². The molecule has 0 spiro atoms. The van der Waals surface area contributed by atoms with Crippen molar-refractivity contribution in [3.63, 3.8) is 0 Å². The van der Waals surface area contributed by atoms with Crippen molar-refractivity contribution in [2.45, 2.75) is 39.9 Å². The molecule has 5 heteroatoms. The highest BCUT2D eigenvalue weighted by atomic mass is 32.1. The summed E-state index contributed by atoms with van der Waals surface area (Å²) in [4.78, 5) is 7.90. The number of nitrogens with one attached hydrogen (secondary N) is 1. The van der Waals surface area contributed by atoms with Crippen LogP contribution < -0.4 is 10.2 Å². The molecule has 0 amide bonds. The van der Waals surface area contributed by atoms with Crippen molar-refractivity contribution in [2.75, 3.05) is 11.9 Å². The van der Waals surface area contributed by atoms with E-state index in [1.54, 1.807) is 17.6 Å². The van der Waals surface area contributed by atoms with Gasteiger partial charge in [0.1, 0.15) is 5.76 Å². The first-order valence-electron chi connectivity index (χ1n) is 6.48. The van der Waals surface area contributed by atoms with Gasteiger partial charge in [0.25, 0.3) is 0 Å². The third-order valence-electron chi connectivity index (χ3n) is 2.93. The molecule has 2 aromatic rings. The van der Waals surface area contributed by atoms with Gasteiger partial charge in [-0.15, -0.1) is 11.3 Å². The molecule has 0 atom stereocenters. The summed E-state index contributed by atoms with van der Waals surface area (Å²) in [7, 11) is 2.06. The first kappa shape index (κ1) is 14.1. The second kappa shape index (κ2) is 6.21. The smallest absolute Gasteiger partial charge is 0.185 e. The Labute approximate surface area is 118 Å². The van der Waals surface area contributed by atoms with E-state index in [1.165, 1.54) is 10.4 Å². The van der Waals surface area contributed by atoms with E-state index in [9.17, 15) is 0 Å². The van der Waals surface area contributed by atoms with Crippen LogP contribution in [-0.2, 0) is 13.1 Å². The van der Waals surface area contributed by atoms with E-state index in [2.05, 4.69) is 36.1 Å². The van der Waals surface area contributed by atoms with Crippen molar-refractivity contribution in [3.8, 4) is 0 Å². The molecule has 2 aromatic heterocycles. The molecule has 19 heavy (non-hydrogen) atoms. The lowest BCUT2D eigenvalue weighted by Crippen LogP contribution is -2.21. The fourth-order valence-corrected chi connectivity index (χ4v) is 2.58. The van der Waals surface area contributed by atoms with Crippen LogP contribution in [-0.4, -0.2) is 18.1 Å². The van der Waals surface area contributed by atoms with Crippen molar-refractivity contribution in [2.24, 2.45) is 0 Å². The van der Waals surface area contributed by atoms with E-state index in [4.69, 9.17) is 4.42 Å². The SMILES string of the molecule is Cc1occc1CN(C)c1ncc(CNC(C)C)s1. The Morgan fingerprint density at radius 1 is 1.47 bits per heavy atom. The molecule has 104 valence electrons. The van der Waals surface area contributed by atoms with Gasteiger partial charge >= 0.3 is 0 Å². The maximum Gasteiger partial charge on any atom is 0.185 e. The van der Waals surface area contributed by atoms with Gasteiger partial charge in [-0.2, -0.15) is 0 Å². The lowest BCUT2D eigenvalue weighted by Gasteiger charge is -2.14. The summed E-state index contributed by atoms with van der Waals surface area (Å²) >= 11 is 1.73. The fraction of sp³-hybridized carbons (Fsp3) is 0.500. The van der Waals surface area contributed by atoms with Crippen molar-refractivity contribution in [1.82, 2.24) is 10.3 Å². The molecule has 0 saturated heterocycles. The fourth-order valence-electron chi connectivity index (χ4n) is 1.76. The molecule has 0 bridgehead atoms. The van der Waals surface area contributed by atoms with Crippen LogP contribution in [0.2, 0.25) is 0 Å². The normalized spacial score (nSPS) is 11.2. The number of hydrogen-bond donors (Lipinski definition) is 1. The van der Waals surface area contributed by atoms with Crippen molar-refractivity contribution < 1.29 is 4.42 Å². The van der Waals surface area contributed by atoms with Crippen LogP contribution in [0.25, 0.3) is 0 Å². The first-order valence-corrected chi connectivity index (χ1v) is 7.30. The summed E-state index contributed by atoms with van der Waals surface area (Å²) in [6.45, 7) is 8.00. The number of thiazole rings is 1. The maximum atomic E-state index is 5.32. The molecule has 0 saturated carbocycles. The van der Waals surface area contributed by atoms with Gasteiger partial charge in [-0.1, -0.05) is 13.8 Å². The zero-order valence-electron chi connectivity index (χ0n) is 11.9. The molecular weight excluding hydrogens is 258 g/mol. The average Bonchev–Trinajstić information content (AvgIpc) is 2.97. The number of nitrogens with zero attached hydrogens (tertiary/aromatic N) is 2. The molecule has 0 aliphatic heterocycles. The van der Waals surface area contributed by atoms with Crippen LogP contribution >= 0.6 is 11.3 Å². The molecule has 4 nitrogen and oxygen atoms in total. The molecule has 0 fully saturated rings. The van der Waals surface area contributed by atoms with E-state index >= 15 is 0 Å². The summed E-state index contributed by atoms with van der Waals surface area (Å²) in [5, 5.41) is 4.45. The highest BCUT2D eigenvalue weighted by Crippen LogP contribution is 2.23. The summed E-state index contributed by atoms with van der Waals surface area (Å²) in [5.41, 5.74) is 1.21. The second-order valence-corrected chi connectivity index (χ2v) is 6.10. The Morgan fingerprint density at radius 3 is 2.89 bits per heavy atom. The summed E-state index contributed by atoms with van der Waals surface area (Å²) in [6, 6.07) is 2.51. The van der Waals surface area contributed by atoms with Crippen molar-refractivity contribution in [3.05, 3.63) is 34.7 Å². The van der Waals surface area contributed by atoms with E-state index in [-0.39, 0.29) is 0 Å². The van der Waals surface area contributed by atoms with Gasteiger partial charge in [-0.25, -0.2) is 4.98 Å². The minimum absolute atomic E-state index is 0.497. The molecule has 0 unspecified atom stereocenters. The van der Waals surface area contributed by atoms with E-state index in [0.717, 1.165) is 24.0 Å². The Hall–Kier alpha value is -1.33. The standard InChI is InChI=1S/C14H21N3OS/c1-10(2)15-7-13-8-16-14(19-13)17(4)9-12-5-6-18-11(12)3/h5-6,8,10,15H,7,9H2,1-4H3. The molecule has 2 rings (SSSR count). The quantitative estimate of drug-likeness (QED) is 0.882. The number of anilines is 1. The van der Waals surface area contributed by atoms with Gasteiger partial charge in [0.05, 0.1) is 6.26 Å². The second-order valence-electron chi connectivity index (χ2n) is 5.00. The summed E-state index contributed by atoms with van der Waals surface area (Å²) in [5.74, 6) is 0.977. The van der Waals surface area contributed by atoms with Crippen molar-refractivity contribution in [1.29, 1.82) is 0 Å². The molecular formula is C14H21N3OS. The van der Waals surface area contributed by atoms with Gasteiger partial charge in [0.2, 0.25) is 0 Å². The van der Waals surface area contributed by atoms with Crippen LogP contribution in [0.15, 0.2) is 22.9 Å². The monoisotopic (exact) mass is 279 g/mol. The summed E-state index contributed by atoms with van der Waals surface area (Å²) in [6.07, 6.45) is 3.69. The molecule has 0 aliphatic carbocycles. The van der Waals surface area contributed by atoms with Crippen LogP contribution in [0.3, 0.4) is 0 Å². The third kappa shape index (κ3) is 3.81. The predicted molar refractivity (Wildman–Crippen MR) is 79.6 cm³/mol. The predicted octanol–water partition coefficient (Wildman–Crippen LogP) is 3.18. The van der Waals surface area contributed by atoms with E-state index < -0.39 is 0 Å². The number of furan rings is 1. The molecule has 0 aliphatic rings. The number of aromatic nitrogens is 1. The highest BCUT2D eigenvalue weighted by Gasteiger charge is 2.10. The first-order chi connectivity index (χ1) is 9.06.